The fourth-order valence-electron chi connectivity index (χ4n) is 0.254. The minimum absolute atomic E-state index is 1.21. The Balaban J connectivity index is 3.36. The predicted molar refractivity (Wildman–Crippen MR) is 27.9 cm³/mol. The summed E-state index contributed by atoms with van der Waals surface area (Å²) in [6.07, 6.45) is 6.27. The van der Waals surface area contributed by atoms with Crippen LogP contribution < -0.4 is 0 Å². The molecule has 0 aromatic heterocycles. The van der Waals surface area contributed by atoms with Gasteiger partial charge in [0, 0.05) is 0 Å². The average Bonchev–Trinajstić information content (AvgIpc) is 1.80. The van der Waals surface area contributed by atoms with E-state index in [1.165, 1.54) is 6.26 Å². The fourth-order valence-corrected chi connectivity index (χ4v) is 0.558. The van der Waals surface area contributed by atoms with Crippen molar-refractivity contribution in [1.29, 1.82) is 0 Å². The molecule has 9 heavy (non-hydrogen) atoms. The summed E-state index contributed by atoms with van der Waals surface area (Å²) < 4.78 is 22.4. The van der Waals surface area contributed by atoms with Gasteiger partial charge >= 0.3 is 60.4 Å². The number of hydrogen-bond acceptors (Lipinski definition) is 2. The van der Waals surface area contributed by atoms with Gasteiger partial charge in [-0.05, 0) is 0 Å². The van der Waals surface area contributed by atoms with E-state index in [1.807, 2.05) is 6.92 Å². The second-order valence-electron chi connectivity index (χ2n) is 1.24. The summed E-state index contributed by atoms with van der Waals surface area (Å²) in [5.74, 6) is 0. The summed E-state index contributed by atoms with van der Waals surface area (Å²) in [7, 11) is 0. The Morgan fingerprint density at radius 2 is 2.22 bits per heavy atom. The molecule has 0 spiro atoms. The van der Waals surface area contributed by atoms with Crippen molar-refractivity contribution in [2.24, 2.45) is 0 Å². The summed E-state index contributed by atoms with van der Waals surface area (Å²) in [6, 6.07) is 0. The van der Waals surface area contributed by atoms with Gasteiger partial charge in [0.25, 0.3) is 0 Å². The molecule has 0 fully saturated rings. The Morgan fingerprint density at radius 1 is 1.56 bits per heavy atom. The molecule has 0 amide bonds. The predicted octanol–water partition coefficient (Wildman–Crippen LogP) is 0.879. The van der Waals surface area contributed by atoms with Crippen molar-refractivity contribution in [1.82, 2.24) is 0 Å². The average molecular weight is 164 g/mol. The van der Waals surface area contributed by atoms with Gasteiger partial charge < -0.3 is 0 Å². The monoisotopic (exact) mass is 164 g/mol. The first kappa shape index (κ1) is 8.75. The van der Waals surface area contributed by atoms with Gasteiger partial charge in [0.1, 0.15) is 0 Å². The van der Waals surface area contributed by atoms with Gasteiger partial charge in [0.15, 0.2) is 0 Å². The number of hydrogen-bond donors (Lipinski definition) is 1. The molecule has 0 unspecified atom stereocenters. The van der Waals surface area contributed by atoms with E-state index in [9.17, 15) is 3.32 Å². The van der Waals surface area contributed by atoms with Crippen LogP contribution in [0, 0.1) is 0 Å². The fraction of sp³-hybridized carbons (Fsp3) is 0.200. The minimum atomic E-state index is -3.31. The number of allylic oxidation sites excluding steroid dienone is 3. The van der Waals surface area contributed by atoms with Crippen LogP contribution in [0.3, 0.4) is 0 Å². The van der Waals surface area contributed by atoms with E-state index in [-0.39, 0.29) is 0 Å². The molecule has 4 heteroatoms. The van der Waals surface area contributed by atoms with Gasteiger partial charge in [-0.3, -0.25) is 0 Å². The van der Waals surface area contributed by atoms with E-state index >= 15 is 0 Å². The van der Waals surface area contributed by atoms with Gasteiger partial charge in [-0.2, -0.15) is 0 Å². The summed E-state index contributed by atoms with van der Waals surface area (Å²) in [6.45, 7) is 1.84. The molecule has 3 nitrogen and oxygen atoms in total. The summed E-state index contributed by atoms with van der Waals surface area (Å²) in [5.41, 5.74) is 0. The van der Waals surface area contributed by atoms with Gasteiger partial charge in [-0.1, -0.05) is 0 Å². The topological polar surface area (TPSA) is 46.5 Å². The first-order valence-corrected chi connectivity index (χ1v) is 4.42. The van der Waals surface area contributed by atoms with Gasteiger partial charge in [-0.15, -0.1) is 0 Å². The molecular weight excluding hydrogens is 156 g/mol. The Hall–Kier alpha value is -0.246. The SMILES string of the molecule is CC=CC=C[O][Ti](=[O])[OH]. The maximum absolute atomic E-state index is 9.91. The Labute approximate surface area is 60.8 Å². The second-order valence-corrected chi connectivity index (χ2v) is 2.44. The zero-order chi connectivity index (χ0) is 7.11. The maximum atomic E-state index is 9.91. The number of rotatable bonds is 3. The molecular formula is C5H8O3Ti. The van der Waals surface area contributed by atoms with E-state index < -0.39 is 18.6 Å². The normalized spacial score (nSPS) is 10.9. The second kappa shape index (κ2) is 5.88. The van der Waals surface area contributed by atoms with E-state index in [4.69, 9.17) is 3.69 Å². The van der Waals surface area contributed by atoms with Crippen LogP contribution >= 0.6 is 0 Å². The first-order chi connectivity index (χ1) is 4.27. The van der Waals surface area contributed by atoms with Crippen molar-refractivity contribution >= 4 is 0 Å². The molecule has 0 aromatic rings. The van der Waals surface area contributed by atoms with Crippen LogP contribution in [-0.2, 0) is 25.3 Å². The van der Waals surface area contributed by atoms with E-state index in [0.717, 1.165) is 0 Å². The van der Waals surface area contributed by atoms with Gasteiger partial charge in [-0.25, -0.2) is 0 Å². The molecule has 50 valence electrons. The molecule has 0 aliphatic rings. The third kappa shape index (κ3) is 7.75. The molecule has 0 heterocycles. The molecule has 1 N–H and O–H groups in total. The van der Waals surface area contributed by atoms with Crippen LogP contribution in [0.2, 0.25) is 0 Å². The van der Waals surface area contributed by atoms with Crippen LogP contribution in [0.1, 0.15) is 6.92 Å². The van der Waals surface area contributed by atoms with Crippen LogP contribution in [0.4, 0.5) is 0 Å². The molecule has 0 aliphatic carbocycles. The van der Waals surface area contributed by atoms with Crippen molar-refractivity contribution < 1.29 is 28.9 Å². The van der Waals surface area contributed by atoms with Crippen molar-refractivity contribution in [2.45, 2.75) is 6.92 Å². The molecule has 0 radical (unpaired) electrons. The Morgan fingerprint density at radius 3 is 2.67 bits per heavy atom. The molecule has 0 aromatic carbocycles. The molecule has 0 rings (SSSR count). The van der Waals surface area contributed by atoms with Crippen molar-refractivity contribution in [3.05, 3.63) is 24.5 Å². The van der Waals surface area contributed by atoms with Crippen molar-refractivity contribution in [3.8, 4) is 0 Å². The quantitative estimate of drug-likeness (QED) is 0.382. The standard InChI is InChI=1S/C5H8O.H2O.O.Ti/c1-2-3-4-5-6;;;/h2-6H,1H3;1H2;;/q;;;+2/p-2. The third-order valence-electron chi connectivity index (χ3n) is 0.551. The van der Waals surface area contributed by atoms with Crippen LogP contribution in [0.5, 0.6) is 0 Å². The van der Waals surface area contributed by atoms with E-state index in [1.54, 1.807) is 18.2 Å². The Kier molecular flexibility index (Phi) is 5.72. The zero-order valence-electron chi connectivity index (χ0n) is 5.07. The summed E-state index contributed by atoms with van der Waals surface area (Å²) >= 11 is -3.31. The zero-order valence-corrected chi connectivity index (χ0v) is 6.63. The van der Waals surface area contributed by atoms with E-state index in [0.29, 0.717) is 0 Å². The molecule has 0 saturated heterocycles. The van der Waals surface area contributed by atoms with Crippen LogP contribution in [0.15, 0.2) is 24.5 Å². The van der Waals surface area contributed by atoms with E-state index in [2.05, 4.69) is 3.32 Å². The van der Waals surface area contributed by atoms with Crippen molar-refractivity contribution in [2.75, 3.05) is 0 Å². The van der Waals surface area contributed by atoms with Crippen molar-refractivity contribution in [3.63, 3.8) is 0 Å². The molecule has 0 atom stereocenters. The first-order valence-electron chi connectivity index (χ1n) is 2.44. The Bertz CT molecular complexity index is 139. The molecule has 0 saturated carbocycles. The van der Waals surface area contributed by atoms with Gasteiger partial charge in [0.2, 0.25) is 0 Å². The summed E-state index contributed by atoms with van der Waals surface area (Å²) in [4.78, 5) is 0. The van der Waals surface area contributed by atoms with Crippen LogP contribution in [0.25, 0.3) is 0 Å². The third-order valence-corrected chi connectivity index (χ3v) is 1.08. The van der Waals surface area contributed by atoms with Gasteiger partial charge in [0.05, 0.1) is 0 Å². The molecule has 0 bridgehead atoms. The summed E-state index contributed by atoms with van der Waals surface area (Å²) in [5, 5.41) is 0. The van der Waals surface area contributed by atoms with Crippen LogP contribution in [-0.4, -0.2) is 3.69 Å². The molecule has 0 aliphatic heterocycles.